The van der Waals surface area contributed by atoms with Crippen LogP contribution in [0.1, 0.15) is 22.0 Å². The summed E-state index contributed by atoms with van der Waals surface area (Å²) < 4.78 is 15.5. The van der Waals surface area contributed by atoms with Gasteiger partial charge >= 0.3 is 5.97 Å². The van der Waals surface area contributed by atoms with Crippen molar-refractivity contribution in [1.29, 1.82) is 0 Å². The van der Waals surface area contributed by atoms with Gasteiger partial charge in [-0.3, -0.25) is 0 Å². The molecule has 0 saturated heterocycles. The van der Waals surface area contributed by atoms with Crippen molar-refractivity contribution in [2.45, 2.75) is 6.42 Å². The summed E-state index contributed by atoms with van der Waals surface area (Å²) in [6.07, 6.45) is 1.51. The number of ether oxygens (including phenoxy) is 2. The van der Waals surface area contributed by atoms with Crippen LogP contribution in [-0.4, -0.2) is 30.3 Å². The summed E-state index contributed by atoms with van der Waals surface area (Å²) >= 11 is 0. The predicted octanol–water partition coefficient (Wildman–Crippen LogP) is 1.98. The van der Waals surface area contributed by atoms with E-state index >= 15 is 0 Å². The lowest BCUT2D eigenvalue weighted by Gasteiger charge is -2.08. The summed E-state index contributed by atoms with van der Waals surface area (Å²) in [5.74, 6) is 0.328. The second-order valence-electron chi connectivity index (χ2n) is 3.78. The summed E-state index contributed by atoms with van der Waals surface area (Å²) in [4.78, 5) is 14.6. The van der Waals surface area contributed by atoms with Crippen LogP contribution >= 0.6 is 0 Å². The molecule has 0 unspecified atom stereocenters. The fourth-order valence-electron chi connectivity index (χ4n) is 1.67. The molecule has 0 saturated carbocycles. The zero-order valence-electron chi connectivity index (χ0n) is 10.5. The Balaban J connectivity index is 2.27. The highest BCUT2D eigenvalue weighted by atomic mass is 16.5. The second kappa shape index (κ2) is 5.43. The van der Waals surface area contributed by atoms with Crippen LogP contribution in [0.5, 0.6) is 11.5 Å². The lowest BCUT2D eigenvalue weighted by atomic mass is 10.1. The van der Waals surface area contributed by atoms with Gasteiger partial charge in [0.1, 0.15) is 11.5 Å². The van der Waals surface area contributed by atoms with Crippen LogP contribution in [0.3, 0.4) is 0 Å². The van der Waals surface area contributed by atoms with Crippen molar-refractivity contribution < 1.29 is 23.8 Å². The van der Waals surface area contributed by atoms with E-state index in [1.807, 2.05) is 0 Å². The molecule has 0 amide bonds. The number of rotatable bonds is 5. The van der Waals surface area contributed by atoms with E-state index in [4.69, 9.17) is 19.0 Å². The molecule has 0 fully saturated rings. The predicted molar refractivity (Wildman–Crippen MR) is 65.8 cm³/mol. The van der Waals surface area contributed by atoms with E-state index in [1.54, 1.807) is 32.4 Å². The average molecular weight is 263 g/mol. The fraction of sp³-hybridized carbons (Fsp3) is 0.231. The van der Waals surface area contributed by atoms with Crippen molar-refractivity contribution in [1.82, 2.24) is 4.98 Å². The molecule has 1 N–H and O–H groups in total. The van der Waals surface area contributed by atoms with E-state index in [9.17, 15) is 4.79 Å². The Labute approximate surface area is 109 Å². The zero-order valence-corrected chi connectivity index (χ0v) is 10.5. The first kappa shape index (κ1) is 12.9. The minimum Gasteiger partial charge on any atom is -0.497 e. The van der Waals surface area contributed by atoms with Gasteiger partial charge in [0, 0.05) is 5.56 Å². The molecule has 2 rings (SSSR count). The van der Waals surface area contributed by atoms with Gasteiger partial charge in [-0.2, -0.15) is 0 Å². The SMILES string of the molecule is COc1ccc(OC)c(Cc2ncc(C(=O)O)o2)c1. The third-order valence-corrected chi connectivity index (χ3v) is 2.59. The van der Waals surface area contributed by atoms with Gasteiger partial charge in [0.15, 0.2) is 5.89 Å². The molecule has 1 heterocycles. The Morgan fingerprint density at radius 1 is 1.37 bits per heavy atom. The number of nitrogens with zero attached hydrogens (tertiary/aromatic N) is 1. The van der Waals surface area contributed by atoms with Crippen LogP contribution in [0.4, 0.5) is 0 Å². The molecule has 0 bridgehead atoms. The maximum absolute atomic E-state index is 10.7. The van der Waals surface area contributed by atoms with Crippen LogP contribution in [0.15, 0.2) is 28.8 Å². The van der Waals surface area contributed by atoms with Gasteiger partial charge in [0.25, 0.3) is 0 Å². The standard InChI is InChI=1S/C13H13NO5/c1-17-9-3-4-10(18-2)8(5-9)6-12-14-7-11(19-12)13(15)16/h3-5,7H,6H2,1-2H3,(H,15,16). The molecule has 2 aromatic rings. The molecule has 0 radical (unpaired) electrons. The Morgan fingerprint density at radius 3 is 2.74 bits per heavy atom. The molecule has 0 spiro atoms. The van der Waals surface area contributed by atoms with E-state index < -0.39 is 5.97 Å². The van der Waals surface area contributed by atoms with Gasteiger partial charge in [-0.05, 0) is 18.2 Å². The largest absolute Gasteiger partial charge is 0.497 e. The van der Waals surface area contributed by atoms with E-state index in [0.29, 0.717) is 23.8 Å². The third kappa shape index (κ3) is 2.85. The van der Waals surface area contributed by atoms with E-state index in [0.717, 1.165) is 5.56 Å². The number of carboxylic acids is 1. The lowest BCUT2D eigenvalue weighted by molar-refractivity contribution is 0.0660. The summed E-state index contributed by atoms with van der Waals surface area (Å²) in [6, 6.07) is 5.35. The van der Waals surface area contributed by atoms with Crippen LogP contribution < -0.4 is 9.47 Å². The minimum absolute atomic E-state index is 0.183. The van der Waals surface area contributed by atoms with Crippen LogP contribution in [0.25, 0.3) is 0 Å². The number of hydrogen-bond donors (Lipinski definition) is 1. The highest BCUT2D eigenvalue weighted by Crippen LogP contribution is 2.26. The molecule has 6 heteroatoms. The Kier molecular flexibility index (Phi) is 3.70. The summed E-state index contributed by atoms with van der Waals surface area (Å²) in [6.45, 7) is 0. The Bertz CT molecular complexity index is 590. The number of methoxy groups -OCH3 is 2. The number of oxazole rings is 1. The van der Waals surface area contributed by atoms with E-state index in [1.165, 1.54) is 6.20 Å². The maximum Gasteiger partial charge on any atom is 0.373 e. The van der Waals surface area contributed by atoms with Gasteiger partial charge in [0.05, 0.1) is 26.8 Å². The zero-order chi connectivity index (χ0) is 13.8. The fourth-order valence-corrected chi connectivity index (χ4v) is 1.67. The third-order valence-electron chi connectivity index (χ3n) is 2.59. The molecule has 0 aliphatic heterocycles. The van der Waals surface area contributed by atoms with Crippen LogP contribution in [-0.2, 0) is 6.42 Å². The van der Waals surface area contributed by atoms with Crippen molar-refractivity contribution in [3.63, 3.8) is 0 Å². The first-order valence-electron chi connectivity index (χ1n) is 5.53. The molecule has 1 aromatic heterocycles. The number of carboxylic acid groups (broad SMARTS) is 1. The number of hydrogen-bond acceptors (Lipinski definition) is 5. The number of aromatic nitrogens is 1. The quantitative estimate of drug-likeness (QED) is 0.888. The highest BCUT2D eigenvalue weighted by molar-refractivity contribution is 5.83. The summed E-state index contributed by atoms with van der Waals surface area (Å²) in [5, 5.41) is 8.77. The van der Waals surface area contributed by atoms with Crippen molar-refractivity contribution in [2.24, 2.45) is 0 Å². The van der Waals surface area contributed by atoms with Crippen molar-refractivity contribution in [3.05, 3.63) is 41.6 Å². The van der Waals surface area contributed by atoms with E-state index in [2.05, 4.69) is 4.98 Å². The first-order valence-corrected chi connectivity index (χ1v) is 5.53. The van der Waals surface area contributed by atoms with Gasteiger partial charge in [-0.25, -0.2) is 9.78 Å². The minimum atomic E-state index is -1.14. The van der Waals surface area contributed by atoms with Crippen molar-refractivity contribution in [2.75, 3.05) is 14.2 Å². The molecule has 1 aromatic carbocycles. The Morgan fingerprint density at radius 2 is 2.16 bits per heavy atom. The van der Waals surface area contributed by atoms with Crippen molar-refractivity contribution in [3.8, 4) is 11.5 Å². The molecule has 0 aliphatic carbocycles. The van der Waals surface area contributed by atoms with Gasteiger partial charge < -0.3 is 19.0 Å². The van der Waals surface area contributed by atoms with Gasteiger partial charge in [-0.15, -0.1) is 0 Å². The summed E-state index contributed by atoms with van der Waals surface area (Å²) in [5.41, 5.74) is 0.806. The van der Waals surface area contributed by atoms with Gasteiger partial charge in [0.2, 0.25) is 5.76 Å². The first-order chi connectivity index (χ1) is 9.13. The maximum atomic E-state index is 10.7. The Hall–Kier alpha value is -2.50. The van der Waals surface area contributed by atoms with Crippen LogP contribution in [0.2, 0.25) is 0 Å². The summed E-state index contributed by atoms with van der Waals surface area (Å²) in [7, 11) is 3.13. The molecular weight excluding hydrogens is 250 g/mol. The molecule has 19 heavy (non-hydrogen) atoms. The van der Waals surface area contributed by atoms with Gasteiger partial charge in [-0.1, -0.05) is 0 Å². The smallest absolute Gasteiger partial charge is 0.373 e. The number of benzene rings is 1. The molecule has 6 nitrogen and oxygen atoms in total. The lowest BCUT2D eigenvalue weighted by Crippen LogP contribution is -1.96. The van der Waals surface area contributed by atoms with E-state index in [-0.39, 0.29) is 5.76 Å². The highest BCUT2D eigenvalue weighted by Gasteiger charge is 2.13. The monoisotopic (exact) mass is 263 g/mol. The number of carbonyl (C=O) groups is 1. The second-order valence-corrected chi connectivity index (χ2v) is 3.78. The topological polar surface area (TPSA) is 81.8 Å². The van der Waals surface area contributed by atoms with Crippen molar-refractivity contribution >= 4 is 5.97 Å². The molecular formula is C13H13NO5. The molecule has 100 valence electrons. The average Bonchev–Trinajstić information content (AvgIpc) is 2.87. The molecule has 0 atom stereocenters. The van der Waals surface area contributed by atoms with Crippen LogP contribution in [0, 0.1) is 0 Å². The molecule has 0 aliphatic rings. The normalized spacial score (nSPS) is 10.2. The number of aromatic carboxylic acids is 1.